The predicted octanol–water partition coefficient (Wildman–Crippen LogP) is 11.5. The van der Waals surface area contributed by atoms with Gasteiger partial charge in [-0.25, -0.2) is 4.85 Å². The second-order valence-corrected chi connectivity index (χ2v) is 12.3. The van der Waals surface area contributed by atoms with Crippen LogP contribution in [-0.4, -0.2) is 9.13 Å². The van der Waals surface area contributed by atoms with E-state index in [2.05, 4.69) is 117 Å². The highest BCUT2D eigenvalue weighted by atomic mass is 15.0. The molecule has 230 valence electrons. The van der Waals surface area contributed by atoms with E-state index in [1.165, 1.54) is 10.8 Å². The summed E-state index contributed by atoms with van der Waals surface area (Å²) in [6.45, 7) is 8.01. The van der Waals surface area contributed by atoms with Crippen molar-refractivity contribution in [2.75, 3.05) is 0 Å². The second kappa shape index (κ2) is 11.4. The van der Waals surface area contributed by atoms with Crippen LogP contribution in [0.15, 0.2) is 152 Å². The third kappa shape index (κ3) is 4.38. The van der Waals surface area contributed by atoms with Crippen LogP contribution in [0, 0.1) is 29.2 Å². The number of hydrogen-bond donors (Lipinski definition) is 0. The van der Waals surface area contributed by atoms with Crippen molar-refractivity contribution >= 4 is 49.3 Å². The van der Waals surface area contributed by atoms with Crippen molar-refractivity contribution in [3.63, 3.8) is 0 Å². The van der Waals surface area contributed by atoms with Crippen LogP contribution in [0.2, 0.25) is 0 Å². The first-order valence-electron chi connectivity index (χ1n) is 16.3. The summed E-state index contributed by atoms with van der Waals surface area (Å²) in [4.78, 5) is 3.89. The number of hydrogen-bond acceptors (Lipinski definition) is 2. The highest BCUT2D eigenvalue weighted by Gasteiger charge is 2.19. The number of fused-ring (bicyclic) bond motifs is 6. The SMILES string of the molecule is [C-]#[N+]c1cccc2c3cc(C#N)ccc3n(-c3ccccc3-c3cc(C#N)cc(-c4cccc(-n5c6ccccc6c6ccccc65)c4)c3)c12. The summed E-state index contributed by atoms with van der Waals surface area (Å²) in [6.07, 6.45) is 0. The van der Waals surface area contributed by atoms with Crippen molar-refractivity contribution < 1.29 is 0 Å². The lowest BCUT2D eigenvalue weighted by molar-refractivity contribution is 1.18. The largest absolute Gasteiger partial charge is 0.318 e. The fourth-order valence-corrected chi connectivity index (χ4v) is 7.41. The number of aromatic nitrogens is 2. The molecule has 9 aromatic rings. The van der Waals surface area contributed by atoms with E-state index in [-0.39, 0.29) is 0 Å². The van der Waals surface area contributed by atoms with Crippen molar-refractivity contribution in [1.82, 2.24) is 9.13 Å². The molecule has 0 saturated heterocycles. The summed E-state index contributed by atoms with van der Waals surface area (Å²) < 4.78 is 4.42. The Labute approximate surface area is 288 Å². The molecule has 0 unspecified atom stereocenters. The molecular weight excluding hydrogens is 611 g/mol. The Balaban J connectivity index is 1.25. The van der Waals surface area contributed by atoms with E-state index in [4.69, 9.17) is 6.57 Å². The lowest BCUT2D eigenvalue weighted by Gasteiger charge is -2.16. The molecule has 0 amide bonds. The molecule has 2 aromatic heterocycles. The Morgan fingerprint density at radius 3 is 1.90 bits per heavy atom. The minimum atomic E-state index is 0.528. The molecule has 0 radical (unpaired) electrons. The fourth-order valence-electron chi connectivity index (χ4n) is 7.41. The zero-order valence-corrected chi connectivity index (χ0v) is 26.7. The third-order valence-electron chi connectivity index (χ3n) is 9.55. The van der Waals surface area contributed by atoms with Gasteiger partial charge in [-0.3, -0.25) is 0 Å². The zero-order valence-electron chi connectivity index (χ0n) is 26.7. The van der Waals surface area contributed by atoms with Gasteiger partial charge in [0, 0.05) is 27.4 Å². The van der Waals surface area contributed by atoms with Crippen molar-refractivity contribution in [2.45, 2.75) is 0 Å². The molecule has 7 aromatic carbocycles. The Kier molecular flexibility index (Phi) is 6.56. The monoisotopic (exact) mass is 635 g/mol. The van der Waals surface area contributed by atoms with Crippen LogP contribution in [0.4, 0.5) is 5.69 Å². The standard InChI is InChI=1S/C45H25N5/c1-48-40-16-9-15-38-39-24-29(27-46)20-21-44(39)50(45(38)40)41-17-5-2-12-35(41)33-23-30(28-47)22-32(25-33)31-10-8-11-34(26-31)49-42-18-6-3-13-36(42)37-14-4-7-19-43(37)49/h2-26H. The van der Waals surface area contributed by atoms with Gasteiger partial charge in [-0.15, -0.1) is 0 Å². The van der Waals surface area contributed by atoms with Crippen LogP contribution in [0.1, 0.15) is 11.1 Å². The average molecular weight is 636 g/mol. The average Bonchev–Trinajstić information content (AvgIpc) is 3.70. The van der Waals surface area contributed by atoms with Gasteiger partial charge >= 0.3 is 0 Å². The molecule has 0 atom stereocenters. The maximum Gasteiger partial charge on any atom is 0.211 e. The van der Waals surface area contributed by atoms with Gasteiger partial charge in [0.2, 0.25) is 5.69 Å². The summed E-state index contributed by atoms with van der Waals surface area (Å²) in [5.41, 5.74) is 11.3. The van der Waals surface area contributed by atoms with E-state index < -0.39 is 0 Å². The molecule has 0 aliphatic carbocycles. The van der Waals surface area contributed by atoms with Crippen LogP contribution >= 0.6 is 0 Å². The summed E-state index contributed by atoms with van der Waals surface area (Å²) in [6, 6.07) is 55.6. The van der Waals surface area contributed by atoms with E-state index in [1.54, 1.807) is 0 Å². The Morgan fingerprint density at radius 2 is 1.14 bits per heavy atom. The summed E-state index contributed by atoms with van der Waals surface area (Å²) in [5.74, 6) is 0. The molecule has 0 bridgehead atoms. The molecule has 0 aliphatic rings. The lowest BCUT2D eigenvalue weighted by atomic mass is 9.95. The lowest BCUT2D eigenvalue weighted by Crippen LogP contribution is -1.98. The van der Waals surface area contributed by atoms with E-state index in [0.29, 0.717) is 16.8 Å². The van der Waals surface area contributed by atoms with Crippen LogP contribution in [0.25, 0.3) is 82.1 Å². The van der Waals surface area contributed by atoms with Crippen LogP contribution in [0.3, 0.4) is 0 Å². The normalized spacial score (nSPS) is 11.1. The number of rotatable bonds is 4. The van der Waals surface area contributed by atoms with Crippen molar-refractivity contribution in [2.24, 2.45) is 0 Å². The first kappa shape index (κ1) is 28.8. The molecule has 0 aliphatic heterocycles. The van der Waals surface area contributed by atoms with E-state index in [0.717, 1.165) is 66.5 Å². The van der Waals surface area contributed by atoms with Gasteiger partial charge in [0.1, 0.15) is 0 Å². The van der Waals surface area contributed by atoms with Crippen molar-refractivity contribution in [1.29, 1.82) is 10.5 Å². The van der Waals surface area contributed by atoms with Crippen LogP contribution < -0.4 is 0 Å². The number of para-hydroxylation sites is 4. The predicted molar refractivity (Wildman–Crippen MR) is 202 cm³/mol. The molecule has 9 rings (SSSR count). The van der Waals surface area contributed by atoms with Gasteiger partial charge in [0.15, 0.2) is 0 Å². The third-order valence-corrected chi connectivity index (χ3v) is 9.55. The Morgan fingerprint density at radius 1 is 0.480 bits per heavy atom. The van der Waals surface area contributed by atoms with Crippen LogP contribution in [0.5, 0.6) is 0 Å². The second-order valence-electron chi connectivity index (χ2n) is 12.3. The molecule has 5 nitrogen and oxygen atoms in total. The Hall–Kier alpha value is -7.39. The van der Waals surface area contributed by atoms with Crippen LogP contribution in [-0.2, 0) is 0 Å². The van der Waals surface area contributed by atoms with Gasteiger partial charge in [-0.05, 0) is 88.8 Å². The maximum atomic E-state index is 10.3. The molecule has 0 spiro atoms. The zero-order chi connectivity index (χ0) is 33.8. The van der Waals surface area contributed by atoms with Crippen molar-refractivity contribution in [3.8, 4) is 45.8 Å². The molecule has 2 heterocycles. The number of nitriles is 2. The van der Waals surface area contributed by atoms with Gasteiger partial charge in [0.05, 0.1) is 57.6 Å². The molecule has 0 saturated carbocycles. The minimum Gasteiger partial charge on any atom is -0.318 e. The summed E-state index contributed by atoms with van der Waals surface area (Å²) in [5, 5.41) is 24.2. The first-order valence-corrected chi connectivity index (χ1v) is 16.3. The highest BCUT2D eigenvalue weighted by molar-refractivity contribution is 6.14. The highest BCUT2D eigenvalue weighted by Crippen LogP contribution is 2.41. The number of benzene rings is 7. The van der Waals surface area contributed by atoms with Gasteiger partial charge in [0.25, 0.3) is 0 Å². The molecule has 0 N–H and O–H groups in total. The smallest absolute Gasteiger partial charge is 0.211 e. The molecule has 50 heavy (non-hydrogen) atoms. The van der Waals surface area contributed by atoms with E-state index in [9.17, 15) is 10.5 Å². The summed E-state index contributed by atoms with van der Waals surface area (Å²) in [7, 11) is 0. The quantitative estimate of drug-likeness (QED) is 0.181. The van der Waals surface area contributed by atoms with E-state index >= 15 is 0 Å². The number of nitrogens with zero attached hydrogens (tertiary/aromatic N) is 5. The van der Waals surface area contributed by atoms with Gasteiger partial charge < -0.3 is 9.13 Å². The molecule has 0 fully saturated rings. The van der Waals surface area contributed by atoms with Crippen molar-refractivity contribution in [3.05, 3.63) is 174 Å². The van der Waals surface area contributed by atoms with Gasteiger partial charge in [-0.2, -0.15) is 10.5 Å². The van der Waals surface area contributed by atoms with E-state index in [1.807, 2.05) is 60.7 Å². The molecular formula is C45H25N5. The van der Waals surface area contributed by atoms with Gasteiger partial charge in [-0.1, -0.05) is 84.9 Å². The maximum absolute atomic E-state index is 10.3. The topological polar surface area (TPSA) is 61.8 Å². The first-order chi connectivity index (χ1) is 24.7. The summed E-state index contributed by atoms with van der Waals surface area (Å²) >= 11 is 0. The molecule has 5 heteroatoms. The minimum absolute atomic E-state index is 0.528. The Bertz CT molecular complexity index is 2920. The fraction of sp³-hybridized carbons (Fsp3) is 0.